The van der Waals surface area contributed by atoms with E-state index in [2.05, 4.69) is 159 Å². The molecule has 1 aliphatic carbocycles. The molecule has 9 rings (SSSR count). The Labute approximate surface area is 284 Å². The van der Waals surface area contributed by atoms with Crippen LogP contribution in [0.15, 0.2) is 152 Å². The Kier molecular flexibility index (Phi) is 6.66. The van der Waals surface area contributed by atoms with Gasteiger partial charge in [0.2, 0.25) is 0 Å². The second-order valence-electron chi connectivity index (χ2n) is 12.8. The normalized spacial score (nSPS) is 13.0. The van der Waals surface area contributed by atoms with Gasteiger partial charge in [0.15, 0.2) is 17.5 Å². The maximum Gasteiger partial charge on any atom is 0.164 e. The maximum atomic E-state index is 5.25. The molecular formula is C44H31N3S. The molecular weight excluding hydrogens is 603 g/mol. The first-order chi connectivity index (χ1) is 23.5. The van der Waals surface area contributed by atoms with Gasteiger partial charge in [-0.3, -0.25) is 0 Å². The summed E-state index contributed by atoms with van der Waals surface area (Å²) in [7, 11) is 0. The summed E-state index contributed by atoms with van der Waals surface area (Å²) in [5.41, 5.74) is 11.3. The van der Waals surface area contributed by atoms with Crippen molar-refractivity contribution >= 4 is 21.4 Å². The SMILES string of the molecule is CC1(C)c2ccccc2-c2c(-c3nc(-c4ccc(-c5cc6ccccc6s5)cc4)nc(-c4ccccc4-c4ccccc4)n3)cccc21. The number of thiophene rings is 1. The smallest absolute Gasteiger partial charge is 0.164 e. The number of hydrogen-bond donors (Lipinski definition) is 0. The van der Waals surface area contributed by atoms with Gasteiger partial charge in [0, 0.05) is 31.7 Å². The van der Waals surface area contributed by atoms with Crippen LogP contribution in [-0.2, 0) is 5.41 Å². The lowest BCUT2D eigenvalue weighted by atomic mass is 9.82. The van der Waals surface area contributed by atoms with Crippen molar-refractivity contribution in [3.05, 3.63) is 163 Å². The Morgan fingerprint density at radius 2 is 1.02 bits per heavy atom. The zero-order valence-electron chi connectivity index (χ0n) is 26.7. The minimum atomic E-state index is -0.122. The molecule has 1 aliphatic rings. The van der Waals surface area contributed by atoms with E-state index < -0.39 is 0 Å². The predicted octanol–water partition coefficient (Wildman–Crippen LogP) is 11.7. The van der Waals surface area contributed by atoms with Gasteiger partial charge in [0.25, 0.3) is 0 Å². The highest BCUT2D eigenvalue weighted by Gasteiger charge is 2.37. The van der Waals surface area contributed by atoms with E-state index in [4.69, 9.17) is 15.0 Å². The molecule has 0 saturated carbocycles. The molecule has 6 aromatic carbocycles. The van der Waals surface area contributed by atoms with Crippen molar-refractivity contribution in [2.45, 2.75) is 19.3 Å². The highest BCUT2D eigenvalue weighted by atomic mass is 32.1. The molecule has 0 bridgehead atoms. The molecule has 3 nitrogen and oxygen atoms in total. The van der Waals surface area contributed by atoms with Crippen LogP contribution in [0.4, 0.5) is 0 Å². The van der Waals surface area contributed by atoms with Crippen LogP contribution in [-0.4, -0.2) is 15.0 Å². The lowest BCUT2D eigenvalue weighted by Crippen LogP contribution is -2.14. The van der Waals surface area contributed by atoms with E-state index in [1.807, 2.05) is 17.4 Å². The molecule has 0 N–H and O–H groups in total. The number of hydrogen-bond acceptors (Lipinski definition) is 4. The summed E-state index contributed by atoms with van der Waals surface area (Å²) >= 11 is 1.82. The van der Waals surface area contributed by atoms with Crippen LogP contribution >= 0.6 is 11.3 Å². The molecule has 0 atom stereocenters. The van der Waals surface area contributed by atoms with Crippen molar-refractivity contribution in [2.24, 2.45) is 0 Å². The van der Waals surface area contributed by atoms with Gasteiger partial charge < -0.3 is 0 Å². The second-order valence-corrected chi connectivity index (χ2v) is 13.9. The topological polar surface area (TPSA) is 38.7 Å². The number of aromatic nitrogens is 3. The molecule has 2 aromatic heterocycles. The van der Waals surface area contributed by atoms with E-state index in [0.717, 1.165) is 27.8 Å². The number of rotatable bonds is 5. The fourth-order valence-electron chi connectivity index (χ4n) is 7.14. The summed E-state index contributed by atoms with van der Waals surface area (Å²) in [6.45, 7) is 4.61. The molecule has 0 unspecified atom stereocenters. The summed E-state index contributed by atoms with van der Waals surface area (Å²) in [6, 6.07) is 53.6. The average Bonchev–Trinajstić information content (AvgIpc) is 3.69. The van der Waals surface area contributed by atoms with Crippen LogP contribution in [0, 0.1) is 0 Å². The van der Waals surface area contributed by atoms with Gasteiger partial charge in [-0.1, -0.05) is 153 Å². The second kappa shape index (κ2) is 11.2. The molecule has 0 amide bonds. The Morgan fingerprint density at radius 3 is 1.81 bits per heavy atom. The van der Waals surface area contributed by atoms with Gasteiger partial charge in [-0.2, -0.15) is 0 Å². The molecule has 0 aliphatic heterocycles. The minimum absolute atomic E-state index is 0.122. The third-order valence-corrected chi connectivity index (χ3v) is 10.8. The van der Waals surface area contributed by atoms with E-state index in [0.29, 0.717) is 17.5 Å². The number of nitrogens with zero attached hydrogens (tertiary/aromatic N) is 3. The number of benzene rings is 6. The van der Waals surface area contributed by atoms with Gasteiger partial charge in [-0.05, 0) is 56.5 Å². The summed E-state index contributed by atoms with van der Waals surface area (Å²) < 4.78 is 1.29. The van der Waals surface area contributed by atoms with E-state index in [1.165, 1.54) is 42.8 Å². The summed E-state index contributed by atoms with van der Waals surface area (Å²) in [5.74, 6) is 1.99. The fraction of sp³-hybridized carbons (Fsp3) is 0.0682. The van der Waals surface area contributed by atoms with Crippen LogP contribution in [0.25, 0.3) is 76.9 Å². The molecule has 0 fully saturated rings. The Morgan fingerprint density at radius 1 is 0.438 bits per heavy atom. The predicted molar refractivity (Wildman–Crippen MR) is 200 cm³/mol. The van der Waals surface area contributed by atoms with Gasteiger partial charge in [0.05, 0.1) is 0 Å². The molecule has 0 radical (unpaired) electrons. The van der Waals surface area contributed by atoms with Crippen molar-refractivity contribution in [2.75, 3.05) is 0 Å². The molecule has 228 valence electrons. The average molecular weight is 634 g/mol. The highest BCUT2D eigenvalue weighted by molar-refractivity contribution is 7.22. The third kappa shape index (κ3) is 4.68. The summed E-state index contributed by atoms with van der Waals surface area (Å²) in [4.78, 5) is 16.9. The first-order valence-corrected chi connectivity index (χ1v) is 17.1. The molecule has 48 heavy (non-hydrogen) atoms. The van der Waals surface area contributed by atoms with Gasteiger partial charge >= 0.3 is 0 Å². The lowest BCUT2D eigenvalue weighted by Gasteiger charge is -2.21. The van der Waals surface area contributed by atoms with E-state index in [1.54, 1.807) is 0 Å². The van der Waals surface area contributed by atoms with Crippen molar-refractivity contribution in [1.29, 1.82) is 0 Å². The van der Waals surface area contributed by atoms with E-state index in [9.17, 15) is 0 Å². The van der Waals surface area contributed by atoms with E-state index >= 15 is 0 Å². The van der Waals surface area contributed by atoms with E-state index in [-0.39, 0.29) is 5.41 Å². The fourth-order valence-corrected chi connectivity index (χ4v) is 8.21. The van der Waals surface area contributed by atoms with Crippen molar-refractivity contribution in [3.8, 4) is 66.9 Å². The van der Waals surface area contributed by atoms with Crippen LogP contribution in [0.5, 0.6) is 0 Å². The molecule has 4 heteroatoms. The summed E-state index contributed by atoms with van der Waals surface area (Å²) in [5, 5.41) is 1.27. The Balaban J connectivity index is 1.24. The molecule has 8 aromatic rings. The van der Waals surface area contributed by atoms with Crippen molar-refractivity contribution in [1.82, 2.24) is 15.0 Å². The number of fused-ring (bicyclic) bond motifs is 4. The monoisotopic (exact) mass is 633 g/mol. The molecule has 0 spiro atoms. The van der Waals surface area contributed by atoms with Gasteiger partial charge in [0.1, 0.15) is 0 Å². The first-order valence-electron chi connectivity index (χ1n) is 16.3. The van der Waals surface area contributed by atoms with Gasteiger partial charge in [-0.25, -0.2) is 15.0 Å². The Hall–Kier alpha value is -5.71. The van der Waals surface area contributed by atoms with Crippen LogP contribution in [0.3, 0.4) is 0 Å². The first kappa shape index (κ1) is 28.5. The largest absolute Gasteiger partial charge is 0.208 e. The quantitative estimate of drug-likeness (QED) is 0.189. The zero-order chi connectivity index (χ0) is 32.2. The molecule has 0 saturated heterocycles. The van der Waals surface area contributed by atoms with Crippen LogP contribution < -0.4 is 0 Å². The standard InChI is InChI=1S/C44H31N3S/c1-44(2)36-20-10-9-18-34(36)40-35(19-12-21-37(40)44)43-46-41(30-25-23-29(24-26-30)39-27-31-15-6-11-22-38(31)48-39)45-42(47-43)33-17-8-7-16-32(33)28-13-4-3-5-14-28/h3-27H,1-2H3. The van der Waals surface area contributed by atoms with Crippen molar-refractivity contribution in [3.63, 3.8) is 0 Å². The highest BCUT2D eigenvalue weighted by Crippen LogP contribution is 2.51. The third-order valence-electron chi connectivity index (χ3n) is 9.59. The minimum Gasteiger partial charge on any atom is -0.208 e. The van der Waals surface area contributed by atoms with Crippen LogP contribution in [0.2, 0.25) is 0 Å². The van der Waals surface area contributed by atoms with Gasteiger partial charge in [-0.15, -0.1) is 11.3 Å². The maximum absolute atomic E-state index is 5.25. The van der Waals surface area contributed by atoms with Crippen molar-refractivity contribution < 1.29 is 0 Å². The summed E-state index contributed by atoms with van der Waals surface area (Å²) in [6.07, 6.45) is 0. The zero-order valence-corrected chi connectivity index (χ0v) is 27.5. The molecule has 2 heterocycles. The van der Waals surface area contributed by atoms with Crippen LogP contribution in [0.1, 0.15) is 25.0 Å². The Bertz CT molecular complexity index is 2440. The lowest BCUT2D eigenvalue weighted by molar-refractivity contribution is 0.660.